The van der Waals surface area contributed by atoms with Gasteiger partial charge in [-0.05, 0) is 42.9 Å². The van der Waals surface area contributed by atoms with Crippen molar-refractivity contribution in [1.29, 1.82) is 0 Å². The summed E-state index contributed by atoms with van der Waals surface area (Å²) in [5.74, 6) is 0.558. The SMILES string of the molecule is CC(C)CC(=O)NCc1ccc(C(=O)N2CCCCC2)cc1. The zero-order valence-electron chi connectivity index (χ0n) is 13.6. The van der Waals surface area contributed by atoms with E-state index in [9.17, 15) is 9.59 Å². The van der Waals surface area contributed by atoms with Crippen molar-refractivity contribution in [2.75, 3.05) is 13.1 Å². The smallest absolute Gasteiger partial charge is 0.253 e. The molecule has 0 spiro atoms. The summed E-state index contributed by atoms with van der Waals surface area (Å²) in [6.45, 7) is 6.31. The molecule has 1 saturated heterocycles. The molecule has 1 aliphatic heterocycles. The summed E-state index contributed by atoms with van der Waals surface area (Å²) in [5, 5.41) is 2.91. The van der Waals surface area contributed by atoms with Crippen LogP contribution in [0, 0.1) is 5.92 Å². The molecule has 1 fully saturated rings. The molecule has 0 aromatic heterocycles. The Morgan fingerprint density at radius 1 is 1.09 bits per heavy atom. The van der Waals surface area contributed by atoms with Crippen LogP contribution in [0.1, 0.15) is 55.5 Å². The van der Waals surface area contributed by atoms with Gasteiger partial charge >= 0.3 is 0 Å². The minimum atomic E-state index is 0.0727. The second-order valence-corrected chi connectivity index (χ2v) is 6.42. The van der Waals surface area contributed by atoms with Crippen molar-refractivity contribution in [2.45, 2.75) is 46.1 Å². The maximum absolute atomic E-state index is 12.4. The van der Waals surface area contributed by atoms with Gasteiger partial charge in [0.2, 0.25) is 5.91 Å². The lowest BCUT2D eigenvalue weighted by Gasteiger charge is -2.26. The van der Waals surface area contributed by atoms with E-state index in [1.54, 1.807) is 0 Å². The Hall–Kier alpha value is -1.84. The average molecular weight is 302 g/mol. The molecule has 0 unspecified atom stereocenters. The second-order valence-electron chi connectivity index (χ2n) is 6.42. The van der Waals surface area contributed by atoms with E-state index in [4.69, 9.17) is 0 Å². The lowest BCUT2D eigenvalue weighted by molar-refractivity contribution is -0.121. The lowest BCUT2D eigenvalue weighted by Crippen LogP contribution is -2.35. The second kappa shape index (κ2) is 7.97. The molecular formula is C18H26N2O2. The molecule has 2 amide bonds. The Labute approximate surface area is 132 Å². The molecule has 4 heteroatoms. The molecule has 1 heterocycles. The van der Waals surface area contributed by atoms with E-state index in [1.165, 1.54) is 6.42 Å². The molecule has 4 nitrogen and oxygen atoms in total. The van der Waals surface area contributed by atoms with E-state index in [-0.39, 0.29) is 11.8 Å². The monoisotopic (exact) mass is 302 g/mol. The van der Waals surface area contributed by atoms with Crippen molar-refractivity contribution in [1.82, 2.24) is 10.2 Å². The molecule has 2 rings (SSSR count). The van der Waals surface area contributed by atoms with Crippen LogP contribution in [-0.2, 0) is 11.3 Å². The third-order valence-corrected chi connectivity index (χ3v) is 3.93. The zero-order chi connectivity index (χ0) is 15.9. The van der Waals surface area contributed by atoms with Crippen molar-refractivity contribution in [3.63, 3.8) is 0 Å². The minimum absolute atomic E-state index is 0.0727. The summed E-state index contributed by atoms with van der Waals surface area (Å²) in [5.41, 5.74) is 1.76. The number of carbonyl (C=O) groups is 2. The van der Waals surface area contributed by atoms with Crippen LogP contribution in [0.25, 0.3) is 0 Å². The maximum Gasteiger partial charge on any atom is 0.253 e. The van der Waals surface area contributed by atoms with Gasteiger partial charge in [0, 0.05) is 31.6 Å². The topological polar surface area (TPSA) is 49.4 Å². The fourth-order valence-electron chi connectivity index (χ4n) is 2.69. The third-order valence-electron chi connectivity index (χ3n) is 3.93. The molecule has 1 aromatic carbocycles. The Balaban J connectivity index is 1.87. The van der Waals surface area contributed by atoms with E-state index < -0.39 is 0 Å². The number of likely N-dealkylation sites (tertiary alicyclic amines) is 1. The van der Waals surface area contributed by atoms with E-state index in [0.717, 1.165) is 37.1 Å². The van der Waals surface area contributed by atoms with E-state index in [0.29, 0.717) is 18.9 Å². The highest BCUT2D eigenvalue weighted by Crippen LogP contribution is 2.14. The first-order chi connectivity index (χ1) is 10.6. The molecule has 0 bridgehead atoms. The van der Waals surface area contributed by atoms with E-state index in [1.807, 2.05) is 43.0 Å². The van der Waals surface area contributed by atoms with Gasteiger partial charge in [-0.3, -0.25) is 9.59 Å². The highest BCUT2D eigenvalue weighted by atomic mass is 16.2. The minimum Gasteiger partial charge on any atom is -0.352 e. The number of rotatable bonds is 5. The predicted molar refractivity (Wildman–Crippen MR) is 87.5 cm³/mol. The zero-order valence-corrected chi connectivity index (χ0v) is 13.6. The van der Waals surface area contributed by atoms with Crippen LogP contribution in [0.5, 0.6) is 0 Å². The van der Waals surface area contributed by atoms with Crippen molar-refractivity contribution in [3.8, 4) is 0 Å². The van der Waals surface area contributed by atoms with E-state index in [2.05, 4.69) is 5.32 Å². The summed E-state index contributed by atoms with van der Waals surface area (Å²) >= 11 is 0. The highest BCUT2D eigenvalue weighted by Gasteiger charge is 2.17. The number of carbonyl (C=O) groups excluding carboxylic acids is 2. The van der Waals surface area contributed by atoms with Gasteiger partial charge in [0.25, 0.3) is 5.91 Å². The number of nitrogens with zero attached hydrogens (tertiary/aromatic N) is 1. The Morgan fingerprint density at radius 3 is 2.32 bits per heavy atom. The number of nitrogens with one attached hydrogen (secondary N) is 1. The van der Waals surface area contributed by atoms with Gasteiger partial charge in [-0.15, -0.1) is 0 Å². The number of hydrogen-bond donors (Lipinski definition) is 1. The average Bonchev–Trinajstić information content (AvgIpc) is 2.53. The number of benzene rings is 1. The van der Waals surface area contributed by atoms with Gasteiger partial charge < -0.3 is 10.2 Å². The molecule has 0 aliphatic carbocycles. The van der Waals surface area contributed by atoms with Gasteiger partial charge in [-0.1, -0.05) is 26.0 Å². The molecule has 120 valence electrons. The molecule has 1 aliphatic rings. The molecule has 22 heavy (non-hydrogen) atoms. The summed E-state index contributed by atoms with van der Waals surface area (Å²) in [7, 11) is 0. The fourth-order valence-corrected chi connectivity index (χ4v) is 2.69. The number of piperidine rings is 1. The van der Waals surface area contributed by atoms with Crippen molar-refractivity contribution in [3.05, 3.63) is 35.4 Å². The first-order valence-electron chi connectivity index (χ1n) is 8.21. The van der Waals surface area contributed by atoms with Crippen LogP contribution in [0.4, 0.5) is 0 Å². The maximum atomic E-state index is 12.4. The molecule has 0 radical (unpaired) electrons. The number of hydrogen-bond acceptors (Lipinski definition) is 2. The highest BCUT2D eigenvalue weighted by molar-refractivity contribution is 5.94. The van der Waals surface area contributed by atoms with E-state index >= 15 is 0 Å². The first-order valence-corrected chi connectivity index (χ1v) is 8.21. The Kier molecular flexibility index (Phi) is 5.99. The number of amides is 2. The van der Waals surface area contributed by atoms with Crippen molar-refractivity contribution >= 4 is 11.8 Å². The quantitative estimate of drug-likeness (QED) is 0.909. The molecular weight excluding hydrogens is 276 g/mol. The summed E-state index contributed by atoms with van der Waals surface area (Å²) in [6.07, 6.45) is 3.97. The van der Waals surface area contributed by atoms with Crippen molar-refractivity contribution in [2.24, 2.45) is 5.92 Å². The Morgan fingerprint density at radius 2 is 1.73 bits per heavy atom. The van der Waals surface area contributed by atoms with Gasteiger partial charge in [0.1, 0.15) is 0 Å². The third kappa shape index (κ3) is 4.86. The van der Waals surface area contributed by atoms with Crippen LogP contribution in [0.2, 0.25) is 0 Å². The van der Waals surface area contributed by atoms with Crippen molar-refractivity contribution < 1.29 is 9.59 Å². The van der Waals surface area contributed by atoms with Gasteiger partial charge in [-0.25, -0.2) is 0 Å². The van der Waals surface area contributed by atoms with Gasteiger partial charge in [0.15, 0.2) is 0 Å². The van der Waals surface area contributed by atoms with Crippen LogP contribution < -0.4 is 5.32 Å². The normalized spacial score (nSPS) is 15.0. The van der Waals surface area contributed by atoms with Crippen LogP contribution >= 0.6 is 0 Å². The fraction of sp³-hybridized carbons (Fsp3) is 0.556. The molecule has 0 atom stereocenters. The summed E-state index contributed by atoms with van der Waals surface area (Å²) < 4.78 is 0. The van der Waals surface area contributed by atoms with Gasteiger partial charge in [0.05, 0.1) is 0 Å². The standard InChI is InChI=1S/C18H26N2O2/c1-14(2)12-17(21)19-13-15-6-8-16(9-7-15)18(22)20-10-4-3-5-11-20/h6-9,14H,3-5,10-13H2,1-2H3,(H,19,21). The molecule has 0 saturated carbocycles. The predicted octanol–water partition coefficient (Wildman–Crippen LogP) is 2.98. The van der Waals surface area contributed by atoms with Crippen LogP contribution in [-0.4, -0.2) is 29.8 Å². The largest absolute Gasteiger partial charge is 0.352 e. The van der Waals surface area contributed by atoms with Gasteiger partial charge in [-0.2, -0.15) is 0 Å². The Bertz CT molecular complexity index is 502. The first kappa shape index (κ1) is 16.5. The van der Waals surface area contributed by atoms with Crippen LogP contribution in [0.3, 0.4) is 0 Å². The molecule has 1 N–H and O–H groups in total. The van der Waals surface area contributed by atoms with Crippen LogP contribution in [0.15, 0.2) is 24.3 Å². The molecule has 1 aromatic rings. The summed E-state index contributed by atoms with van der Waals surface area (Å²) in [6, 6.07) is 7.57. The lowest BCUT2D eigenvalue weighted by atomic mass is 10.1. The summed E-state index contributed by atoms with van der Waals surface area (Å²) in [4.78, 5) is 25.9.